The van der Waals surface area contributed by atoms with Gasteiger partial charge in [0.15, 0.2) is 0 Å². The van der Waals surface area contributed by atoms with E-state index < -0.39 is 0 Å². The molecule has 16 heavy (non-hydrogen) atoms. The summed E-state index contributed by atoms with van der Waals surface area (Å²) in [6.07, 6.45) is 2.32. The zero-order chi connectivity index (χ0) is 12.6. The summed E-state index contributed by atoms with van der Waals surface area (Å²) in [6, 6.07) is 0. The molecule has 0 heterocycles. The second-order valence-corrected chi connectivity index (χ2v) is 4.46. The van der Waals surface area contributed by atoms with Crippen molar-refractivity contribution >= 4 is 5.91 Å². The smallest absolute Gasteiger partial charge is 0.237 e. The van der Waals surface area contributed by atoms with Crippen molar-refractivity contribution in [1.82, 2.24) is 9.80 Å². The molecule has 0 aromatic carbocycles. The number of likely N-dealkylation sites (N-methyl/N-ethyl adjacent to an activating group) is 2. The van der Waals surface area contributed by atoms with Gasteiger partial charge in [-0.25, -0.2) is 0 Å². The van der Waals surface area contributed by atoms with Crippen LogP contribution in [0, 0.1) is 0 Å². The lowest BCUT2D eigenvalue weighted by molar-refractivity contribution is -0.131. The summed E-state index contributed by atoms with van der Waals surface area (Å²) in [4.78, 5) is 15.9. The van der Waals surface area contributed by atoms with Gasteiger partial charge in [-0.05, 0) is 33.9 Å². The maximum absolute atomic E-state index is 11.9. The van der Waals surface area contributed by atoms with Crippen molar-refractivity contribution in [3.63, 3.8) is 0 Å². The minimum Gasteiger partial charge on any atom is -0.338 e. The minimum absolute atomic E-state index is 0.198. The van der Waals surface area contributed by atoms with Crippen LogP contribution in [0.2, 0.25) is 0 Å². The van der Waals surface area contributed by atoms with E-state index in [9.17, 15) is 4.79 Å². The van der Waals surface area contributed by atoms with Gasteiger partial charge < -0.3 is 4.90 Å². The van der Waals surface area contributed by atoms with Gasteiger partial charge in [0.2, 0.25) is 5.91 Å². The number of carbonyl (C=O) groups is 1. The molecule has 0 atom stereocenters. The van der Waals surface area contributed by atoms with Gasteiger partial charge in [-0.15, -0.1) is 0 Å². The van der Waals surface area contributed by atoms with Crippen LogP contribution in [-0.2, 0) is 4.79 Å². The molecule has 0 aliphatic carbocycles. The highest BCUT2D eigenvalue weighted by molar-refractivity contribution is 5.78. The Kier molecular flexibility index (Phi) is 7.90. The van der Waals surface area contributed by atoms with Crippen molar-refractivity contribution in [3.05, 3.63) is 12.2 Å². The second kappa shape index (κ2) is 8.34. The molecule has 1 amide bonds. The number of carbonyl (C=O) groups excluding carboxylic acids is 1. The Balaban J connectivity index is 4.04. The maximum Gasteiger partial charge on any atom is 0.237 e. The van der Waals surface area contributed by atoms with Crippen molar-refractivity contribution in [3.8, 4) is 0 Å². The predicted molar refractivity (Wildman–Crippen MR) is 69.5 cm³/mol. The first-order valence-electron chi connectivity index (χ1n) is 6.11. The fourth-order valence-electron chi connectivity index (χ4n) is 1.54. The molecule has 0 fully saturated rings. The Hall–Kier alpha value is -0.830. The van der Waals surface area contributed by atoms with E-state index in [1.54, 1.807) is 0 Å². The van der Waals surface area contributed by atoms with E-state index in [1.165, 1.54) is 6.42 Å². The topological polar surface area (TPSA) is 23.6 Å². The summed E-state index contributed by atoms with van der Waals surface area (Å²) in [5.41, 5.74) is 1.03. The number of rotatable bonds is 8. The van der Waals surface area contributed by atoms with E-state index in [2.05, 4.69) is 18.4 Å². The Bertz CT molecular complexity index is 226. The summed E-state index contributed by atoms with van der Waals surface area (Å²) in [5.74, 6) is 0.198. The molecule has 0 radical (unpaired) electrons. The van der Waals surface area contributed by atoms with Gasteiger partial charge in [-0.1, -0.05) is 25.5 Å². The summed E-state index contributed by atoms with van der Waals surface area (Å²) < 4.78 is 0. The third-order valence-electron chi connectivity index (χ3n) is 2.49. The van der Waals surface area contributed by atoms with E-state index in [1.807, 2.05) is 25.8 Å². The van der Waals surface area contributed by atoms with E-state index in [0.717, 1.165) is 25.1 Å². The van der Waals surface area contributed by atoms with Crippen molar-refractivity contribution in [2.75, 3.05) is 33.2 Å². The number of nitrogens with zero attached hydrogens (tertiary/aromatic N) is 2. The molecular weight excluding hydrogens is 200 g/mol. The quantitative estimate of drug-likeness (QED) is 0.592. The van der Waals surface area contributed by atoms with Crippen LogP contribution >= 0.6 is 0 Å². The lowest BCUT2D eigenvalue weighted by atomic mass is 10.3. The Morgan fingerprint density at radius 2 is 1.88 bits per heavy atom. The van der Waals surface area contributed by atoms with Crippen molar-refractivity contribution in [2.24, 2.45) is 0 Å². The van der Waals surface area contributed by atoms with Gasteiger partial charge in [-0.3, -0.25) is 9.69 Å². The van der Waals surface area contributed by atoms with Crippen LogP contribution in [0.1, 0.15) is 33.6 Å². The third kappa shape index (κ3) is 6.62. The molecule has 0 spiro atoms. The van der Waals surface area contributed by atoms with Gasteiger partial charge >= 0.3 is 0 Å². The van der Waals surface area contributed by atoms with Crippen LogP contribution in [0.25, 0.3) is 0 Å². The average Bonchev–Trinajstić information content (AvgIpc) is 2.22. The van der Waals surface area contributed by atoms with E-state index in [4.69, 9.17) is 0 Å². The first-order chi connectivity index (χ1) is 7.51. The highest BCUT2D eigenvalue weighted by Crippen LogP contribution is 1.99. The van der Waals surface area contributed by atoms with Crippen LogP contribution in [0.4, 0.5) is 0 Å². The van der Waals surface area contributed by atoms with E-state index >= 15 is 0 Å². The van der Waals surface area contributed by atoms with Crippen molar-refractivity contribution in [2.45, 2.75) is 33.6 Å². The standard InChI is InChI=1S/C13H26N2O/c1-6-8-9-14(5)11-13(16)15(7-2)10-12(3)4/h3,6-11H2,1-2,4-5H3. The van der Waals surface area contributed by atoms with Gasteiger partial charge in [0, 0.05) is 13.1 Å². The zero-order valence-electron chi connectivity index (χ0n) is 11.3. The Labute approximate surface area is 100 Å². The lowest BCUT2D eigenvalue weighted by Crippen LogP contribution is -2.39. The Morgan fingerprint density at radius 3 is 2.31 bits per heavy atom. The number of amides is 1. The molecule has 0 saturated carbocycles. The summed E-state index contributed by atoms with van der Waals surface area (Å²) in [6.45, 7) is 12.9. The molecule has 94 valence electrons. The SMILES string of the molecule is C=C(C)CN(CC)C(=O)CN(C)CCCC. The van der Waals surface area contributed by atoms with Crippen LogP contribution in [0.15, 0.2) is 12.2 Å². The number of hydrogen-bond donors (Lipinski definition) is 0. The Morgan fingerprint density at radius 1 is 1.25 bits per heavy atom. The molecule has 0 aliphatic rings. The maximum atomic E-state index is 11.9. The lowest BCUT2D eigenvalue weighted by Gasteiger charge is -2.24. The average molecular weight is 226 g/mol. The third-order valence-corrected chi connectivity index (χ3v) is 2.49. The molecule has 0 aromatic heterocycles. The number of unbranched alkanes of at least 4 members (excludes halogenated alkanes) is 1. The summed E-state index contributed by atoms with van der Waals surface area (Å²) >= 11 is 0. The fourth-order valence-corrected chi connectivity index (χ4v) is 1.54. The summed E-state index contributed by atoms with van der Waals surface area (Å²) in [7, 11) is 2.00. The largest absolute Gasteiger partial charge is 0.338 e. The van der Waals surface area contributed by atoms with E-state index in [-0.39, 0.29) is 5.91 Å². The van der Waals surface area contributed by atoms with Gasteiger partial charge in [0.05, 0.1) is 6.54 Å². The molecule has 0 unspecified atom stereocenters. The monoisotopic (exact) mass is 226 g/mol. The molecule has 0 bridgehead atoms. The molecule has 0 saturated heterocycles. The van der Waals surface area contributed by atoms with Crippen molar-refractivity contribution < 1.29 is 4.79 Å². The molecular formula is C13H26N2O. The molecule has 0 rings (SSSR count). The molecule has 0 aromatic rings. The first kappa shape index (κ1) is 15.2. The minimum atomic E-state index is 0.198. The van der Waals surface area contributed by atoms with Gasteiger partial charge in [0.1, 0.15) is 0 Å². The van der Waals surface area contributed by atoms with Gasteiger partial charge in [0.25, 0.3) is 0 Å². The molecule has 3 heteroatoms. The van der Waals surface area contributed by atoms with E-state index in [0.29, 0.717) is 13.1 Å². The first-order valence-corrected chi connectivity index (χ1v) is 6.11. The molecule has 3 nitrogen and oxygen atoms in total. The highest BCUT2D eigenvalue weighted by atomic mass is 16.2. The van der Waals surface area contributed by atoms with Crippen LogP contribution in [0.5, 0.6) is 0 Å². The van der Waals surface area contributed by atoms with Crippen LogP contribution in [-0.4, -0.2) is 48.9 Å². The normalized spacial score (nSPS) is 10.6. The molecule has 0 aliphatic heterocycles. The van der Waals surface area contributed by atoms with Crippen LogP contribution in [0.3, 0.4) is 0 Å². The second-order valence-electron chi connectivity index (χ2n) is 4.46. The van der Waals surface area contributed by atoms with Gasteiger partial charge in [-0.2, -0.15) is 0 Å². The van der Waals surface area contributed by atoms with Crippen molar-refractivity contribution in [1.29, 1.82) is 0 Å². The highest BCUT2D eigenvalue weighted by Gasteiger charge is 2.13. The zero-order valence-corrected chi connectivity index (χ0v) is 11.3. The fraction of sp³-hybridized carbons (Fsp3) is 0.769. The molecule has 0 N–H and O–H groups in total. The van der Waals surface area contributed by atoms with Crippen LogP contribution < -0.4 is 0 Å². The summed E-state index contributed by atoms with van der Waals surface area (Å²) in [5, 5.41) is 0. The number of hydrogen-bond acceptors (Lipinski definition) is 2. The predicted octanol–water partition coefficient (Wildman–Crippen LogP) is 2.14.